The van der Waals surface area contributed by atoms with E-state index in [2.05, 4.69) is 38.5 Å². The van der Waals surface area contributed by atoms with Gasteiger partial charge in [-0.15, -0.1) is 0 Å². The summed E-state index contributed by atoms with van der Waals surface area (Å²) in [6.45, 7) is 3.49. The monoisotopic (exact) mass is 486 g/mol. The van der Waals surface area contributed by atoms with Crippen LogP contribution in [0, 0.1) is 5.92 Å². The maximum atomic E-state index is 13.0. The van der Waals surface area contributed by atoms with Gasteiger partial charge in [-0.25, -0.2) is 9.78 Å². The van der Waals surface area contributed by atoms with Crippen molar-refractivity contribution in [2.24, 2.45) is 11.7 Å². The number of carboxylic acids is 2. The first-order chi connectivity index (χ1) is 15.5. The summed E-state index contributed by atoms with van der Waals surface area (Å²) in [7, 11) is 0. The molecule has 5 unspecified atom stereocenters. The minimum atomic E-state index is -1.39. The molecule has 0 bridgehead atoms. The standard InChI is InChI=1S/C19H30N6O7S/c1-3-9(2)15(18(30)24-13(7-33)19(31)32)25-17(29)12(4-10-6-21-8-22-10)23-16(28)11(20)5-14(26)27/h6,8-9,11-13,15,33H,3-5,7,20H2,1-2H3,(H,21,22)(H,23,28)(H,24,30)(H,25,29)(H,26,27)(H,31,32). The Labute approximate surface area is 195 Å². The van der Waals surface area contributed by atoms with Gasteiger partial charge in [-0.05, 0) is 5.92 Å². The van der Waals surface area contributed by atoms with E-state index in [9.17, 15) is 24.0 Å². The van der Waals surface area contributed by atoms with Gasteiger partial charge in [-0.2, -0.15) is 12.6 Å². The fraction of sp³-hybridized carbons (Fsp3) is 0.579. The average molecular weight is 487 g/mol. The molecule has 184 valence electrons. The molecule has 1 rings (SSSR count). The average Bonchev–Trinajstić information content (AvgIpc) is 3.26. The molecule has 5 atom stereocenters. The van der Waals surface area contributed by atoms with Gasteiger partial charge in [-0.3, -0.25) is 19.2 Å². The van der Waals surface area contributed by atoms with Crippen LogP contribution in [0.4, 0.5) is 0 Å². The summed E-state index contributed by atoms with van der Waals surface area (Å²) in [6, 6.07) is -4.95. The van der Waals surface area contributed by atoms with Gasteiger partial charge in [0.15, 0.2) is 0 Å². The largest absolute Gasteiger partial charge is 0.481 e. The number of nitrogens with one attached hydrogen (secondary N) is 4. The zero-order valence-electron chi connectivity index (χ0n) is 18.3. The van der Waals surface area contributed by atoms with Crippen molar-refractivity contribution < 1.29 is 34.2 Å². The van der Waals surface area contributed by atoms with E-state index in [1.807, 2.05) is 0 Å². The predicted octanol–water partition coefficient (Wildman–Crippen LogP) is -1.73. The molecule has 0 saturated heterocycles. The highest BCUT2D eigenvalue weighted by molar-refractivity contribution is 7.80. The van der Waals surface area contributed by atoms with E-state index in [-0.39, 0.29) is 18.1 Å². The van der Waals surface area contributed by atoms with E-state index in [0.29, 0.717) is 12.1 Å². The number of thiol groups is 1. The first-order valence-electron chi connectivity index (χ1n) is 10.2. The maximum absolute atomic E-state index is 13.0. The molecule has 0 aliphatic rings. The molecule has 3 amide bonds. The molecule has 0 fully saturated rings. The molecular formula is C19H30N6O7S. The number of nitrogens with two attached hydrogens (primary N) is 1. The van der Waals surface area contributed by atoms with Crippen molar-refractivity contribution in [2.45, 2.75) is 57.3 Å². The second kappa shape index (κ2) is 13.4. The zero-order chi connectivity index (χ0) is 25.1. The van der Waals surface area contributed by atoms with Gasteiger partial charge in [0.05, 0.1) is 18.8 Å². The quantitative estimate of drug-likeness (QED) is 0.140. The number of imidazole rings is 1. The summed E-state index contributed by atoms with van der Waals surface area (Å²) in [6.07, 6.45) is 2.62. The van der Waals surface area contributed by atoms with Crippen molar-refractivity contribution >= 4 is 42.3 Å². The third-order valence-corrected chi connectivity index (χ3v) is 5.30. The van der Waals surface area contributed by atoms with Gasteiger partial charge in [-0.1, -0.05) is 20.3 Å². The Kier molecular flexibility index (Phi) is 11.4. The number of hydrogen-bond acceptors (Lipinski definition) is 8. The van der Waals surface area contributed by atoms with E-state index >= 15 is 0 Å². The lowest BCUT2D eigenvalue weighted by Crippen LogP contribution is -2.59. The lowest BCUT2D eigenvalue weighted by molar-refractivity contribution is -0.142. The topological polar surface area (TPSA) is 217 Å². The zero-order valence-corrected chi connectivity index (χ0v) is 19.2. The Morgan fingerprint density at radius 3 is 2.21 bits per heavy atom. The van der Waals surface area contributed by atoms with Crippen LogP contribution >= 0.6 is 12.6 Å². The molecule has 0 saturated carbocycles. The number of nitrogens with zero attached hydrogens (tertiary/aromatic N) is 1. The first kappa shape index (κ1) is 27.9. The van der Waals surface area contributed by atoms with E-state index in [1.165, 1.54) is 12.5 Å². The normalized spacial score (nSPS) is 15.4. The number of aliphatic carboxylic acids is 2. The maximum Gasteiger partial charge on any atom is 0.327 e. The molecule has 14 heteroatoms. The number of amides is 3. The van der Waals surface area contributed by atoms with Crippen molar-refractivity contribution in [3.63, 3.8) is 0 Å². The first-order valence-corrected chi connectivity index (χ1v) is 10.8. The molecule has 0 spiro atoms. The number of carbonyl (C=O) groups is 5. The third kappa shape index (κ3) is 9.10. The highest BCUT2D eigenvalue weighted by Crippen LogP contribution is 2.10. The molecule has 0 aliphatic heterocycles. The van der Waals surface area contributed by atoms with Gasteiger partial charge < -0.3 is 36.9 Å². The molecule has 0 aromatic carbocycles. The van der Waals surface area contributed by atoms with Gasteiger partial charge in [0.1, 0.15) is 18.1 Å². The molecule has 1 heterocycles. The number of aromatic nitrogens is 2. The Morgan fingerprint density at radius 2 is 1.73 bits per heavy atom. The second-order valence-electron chi connectivity index (χ2n) is 7.50. The number of carboxylic acid groups (broad SMARTS) is 2. The molecule has 33 heavy (non-hydrogen) atoms. The van der Waals surface area contributed by atoms with E-state index in [4.69, 9.17) is 15.9 Å². The van der Waals surface area contributed by atoms with E-state index in [1.54, 1.807) is 13.8 Å². The van der Waals surface area contributed by atoms with Crippen LogP contribution in [-0.2, 0) is 30.4 Å². The Hall–Kier alpha value is -3.13. The second-order valence-corrected chi connectivity index (χ2v) is 7.87. The van der Waals surface area contributed by atoms with Crippen molar-refractivity contribution in [2.75, 3.05) is 5.75 Å². The number of aromatic amines is 1. The summed E-state index contributed by atoms with van der Waals surface area (Å²) in [4.78, 5) is 66.8. The molecular weight excluding hydrogens is 456 g/mol. The van der Waals surface area contributed by atoms with Crippen LogP contribution in [0.15, 0.2) is 12.5 Å². The minimum Gasteiger partial charge on any atom is -0.481 e. The lowest BCUT2D eigenvalue weighted by atomic mass is 9.97. The highest BCUT2D eigenvalue weighted by Gasteiger charge is 2.33. The fourth-order valence-corrected chi connectivity index (χ4v) is 3.04. The fourth-order valence-electron chi connectivity index (χ4n) is 2.79. The van der Waals surface area contributed by atoms with Crippen LogP contribution in [0.2, 0.25) is 0 Å². The minimum absolute atomic E-state index is 0.0411. The van der Waals surface area contributed by atoms with Crippen LogP contribution in [0.25, 0.3) is 0 Å². The molecule has 0 aliphatic carbocycles. The Balaban J connectivity index is 3.05. The highest BCUT2D eigenvalue weighted by atomic mass is 32.1. The number of hydrogen-bond donors (Lipinski definition) is 8. The van der Waals surface area contributed by atoms with Gasteiger partial charge >= 0.3 is 11.9 Å². The molecule has 8 N–H and O–H groups in total. The summed E-state index contributed by atoms with van der Waals surface area (Å²) >= 11 is 3.91. The van der Waals surface area contributed by atoms with Crippen LogP contribution in [0.5, 0.6) is 0 Å². The predicted molar refractivity (Wildman–Crippen MR) is 119 cm³/mol. The number of carbonyl (C=O) groups excluding carboxylic acids is 3. The summed E-state index contributed by atoms with van der Waals surface area (Å²) in [5.41, 5.74) is 6.08. The Bertz CT molecular complexity index is 835. The van der Waals surface area contributed by atoms with Crippen molar-refractivity contribution in [3.8, 4) is 0 Å². The number of H-pyrrole nitrogens is 1. The Morgan fingerprint density at radius 1 is 1.09 bits per heavy atom. The molecule has 0 radical (unpaired) electrons. The molecule has 1 aromatic rings. The molecule has 1 aromatic heterocycles. The SMILES string of the molecule is CCC(C)C(NC(=O)C(Cc1cnc[nH]1)NC(=O)C(N)CC(=O)O)C(=O)NC(CS)C(=O)O. The summed E-state index contributed by atoms with van der Waals surface area (Å²) in [5, 5.41) is 25.3. The third-order valence-electron chi connectivity index (χ3n) is 4.93. The van der Waals surface area contributed by atoms with Gasteiger partial charge in [0, 0.05) is 24.1 Å². The van der Waals surface area contributed by atoms with Crippen molar-refractivity contribution in [1.29, 1.82) is 0 Å². The van der Waals surface area contributed by atoms with Gasteiger partial charge in [0.25, 0.3) is 0 Å². The van der Waals surface area contributed by atoms with Crippen LogP contribution < -0.4 is 21.7 Å². The van der Waals surface area contributed by atoms with Crippen molar-refractivity contribution in [3.05, 3.63) is 18.2 Å². The number of rotatable bonds is 14. The summed E-state index contributed by atoms with van der Waals surface area (Å²) in [5.74, 6) is -5.39. The van der Waals surface area contributed by atoms with Gasteiger partial charge in [0.2, 0.25) is 17.7 Å². The van der Waals surface area contributed by atoms with Crippen LogP contribution in [0.3, 0.4) is 0 Å². The van der Waals surface area contributed by atoms with Crippen LogP contribution in [0.1, 0.15) is 32.4 Å². The van der Waals surface area contributed by atoms with E-state index in [0.717, 1.165) is 0 Å². The molecule has 13 nitrogen and oxygen atoms in total. The smallest absolute Gasteiger partial charge is 0.327 e. The summed E-state index contributed by atoms with van der Waals surface area (Å²) < 4.78 is 0. The van der Waals surface area contributed by atoms with Crippen LogP contribution in [-0.4, -0.2) is 79.8 Å². The van der Waals surface area contributed by atoms with E-state index < -0.39 is 60.2 Å². The lowest BCUT2D eigenvalue weighted by Gasteiger charge is -2.27. The van der Waals surface area contributed by atoms with Crippen molar-refractivity contribution in [1.82, 2.24) is 25.9 Å².